The molecule has 0 saturated carbocycles. The van der Waals surface area contributed by atoms with Gasteiger partial charge in [0.25, 0.3) is 0 Å². The number of methoxy groups -OCH3 is 2. The van der Waals surface area contributed by atoms with Crippen molar-refractivity contribution in [1.82, 2.24) is 5.32 Å². The maximum Gasteiger partial charge on any atom is 0.407 e. The summed E-state index contributed by atoms with van der Waals surface area (Å²) in [6.07, 6.45) is -0.646. The number of hydrogen-bond donors (Lipinski definition) is 1. The first-order valence-corrected chi connectivity index (χ1v) is 4.19. The third-order valence-corrected chi connectivity index (χ3v) is 2.05. The van der Waals surface area contributed by atoms with Crippen LogP contribution in [0.25, 0.3) is 0 Å². The number of alkyl carbamates (subject to hydrolysis) is 1. The van der Waals surface area contributed by atoms with Crippen molar-refractivity contribution in [2.45, 2.75) is 6.04 Å². The first-order chi connectivity index (χ1) is 6.69. The fourth-order valence-electron chi connectivity index (χ4n) is 1.13. The van der Waals surface area contributed by atoms with Crippen LogP contribution in [0.4, 0.5) is 4.79 Å². The fraction of sp³-hybridized carbons (Fsp3) is 0.750. The van der Waals surface area contributed by atoms with Gasteiger partial charge >= 0.3 is 12.1 Å². The van der Waals surface area contributed by atoms with Crippen molar-refractivity contribution >= 4 is 12.1 Å². The third kappa shape index (κ3) is 2.35. The molecule has 0 radical (unpaired) electrons. The first-order valence-electron chi connectivity index (χ1n) is 4.19. The van der Waals surface area contributed by atoms with E-state index in [1.165, 1.54) is 14.2 Å². The highest BCUT2D eigenvalue weighted by molar-refractivity contribution is 5.81. The van der Waals surface area contributed by atoms with E-state index in [0.717, 1.165) is 0 Å². The first kappa shape index (κ1) is 10.8. The third-order valence-electron chi connectivity index (χ3n) is 2.05. The summed E-state index contributed by atoms with van der Waals surface area (Å²) in [7, 11) is 2.51. The van der Waals surface area contributed by atoms with Gasteiger partial charge in [-0.05, 0) is 0 Å². The van der Waals surface area contributed by atoms with Gasteiger partial charge in [0.15, 0.2) is 0 Å². The SMILES string of the molecule is COC(=O)NC(C(=O)OC)C1COC1. The second-order valence-corrected chi connectivity index (χ2v) is 2.93. The van der Waals surface area contributed by atoms with Crippen molar-refractivity contribution < 1.29 is 23.8 Å². The number of carbonyl (C=O) groups excluding carboxylic acids is 2. The van der Waals surface area contributed by atoms with E-state index in [4.69, 9.17) is 4.74 Å². The average molecular weight is 203 g/mol. The Hall–Kier alpha value is -1.30. The van der Waals surface area contributed by atoms with Crippen LogP contribution in [0.2, 0.25) is 0 Å². The normalized spacial score (nSPS) is 17.9. The molecule has 6 nitrogen and oxygen atoms in total. The minimum atomic E-state index is -0.679. The molecular weight excluding hydrogens is 190 g/mol. The molecule has 1 fully saturated rings. The Morgan fingerprint density at radius 2 is 2.00 bits per heavy atom. The van der Waals surface area contributed by atoms with Gasteiger partial charge in [0.05, 0.1) is 27.4 Å². The lowest BCUT2D eigenvalue weighted by Crippen LogP contribution is -2.53. The second kappa shape index (κ2) is 4.80. The van der Waals surface area contributed by atoms with Crippen LogP contribution in [0.5, 0.6) is 0 Å². The minimum Gasteiger partial charge on any atom is -0.467 e. The van der Waals surface area contributed by atoms with Gasteiger partial charge in [-0.1, -0.05) is 0 Å². The average Bonchev–Trinajstić information content (AvgIpc) is 2.12. The molecule has 0 bridgehead atoms. The molecule has 1 N–H and O–H groups in total. The van der Waals surface area contributed by atoms with Crippen LogP contribution in [0, 0.1) is 5.92 Å². The molecule has 0 aromatic heterocycles. The Morgan fingerprint density at radius 3 is 2.36 bits per heavy atom. The molecule has 1 aliphatic rings. The number of hydrogen-bond acceptors (Lipinski definition) is 5. The van der Waals surface area contributed by atoms with Crippen molar-refractivity contribution in [2.24, 2.45) is 5.92 Å². The molecule has 6 heteroatoms. The maximum absolute atomic E-state index is 11.2. The molecule has 1 rings (SSSR count). The number of esters is 1. The van der Waals surface area contributed by atoms with Gasteiger partial charge in [0.1, 0.15) is 6.04 Å². The van der Waals surface area contributed by atoms with Gasteiger partial charge in [-0.25, -0.2) is 9.59 Å². The summed E-state index contributed by atoms with van der Waals surface area (Å²) in [5.74, 6) is -0.509. The quantitative estimate of drug-likeness (QED) is 0.628. The minimum absolute atomic E-state index is 0.0263. The molecule has 0 aromatic rings. The van der Waals surface area contributed by atoms with E-state index < -0.39 is 18.1 Å². The van der Waals surface area contributed by atoms with Crippen LogP contribution in [0.1, 0.15) is 0 Å². The molecular formula is C8H13NO5. The van der Waals surface area contributed by atoms with Gasteiger partial charge in [0.2, 0.25) is 0 Å². The molecule has 1 aliphatic heterocycles. The standard InChI is InChI=1S/C8H13NO5/c1-12-7(10)6(5-3-14-4-5)9-8(11)13-2/h5-6H,3-4H2,1-2H3,(H,9,11). The molecule has 0 spiro atoms. The fourth-order valence-corrected chi connectivity index (χ4v) is 1.13. The molecule has 14 heavy (non-hydrogen) atoms. The molecule has 80 valence electrons. The summed E-state index contributed by atoms with van der Waals surface area (Å²) in [4.78, 5) is 22.2. The van der Waals surface area contributed by atoms with Crippen molar-refractivity contribution in [2.75, 3.05) is 27.4 Å². The van der Waals surface area contributed by atoms with Crippen LogP contribution in [-0.2, 0) is 19.0 Å². The Morgan fingerprint density at radius 1 is 1.36 bits per heavy atom. The van der Waals surface area contributed by atoms with Gasteiger partial charge in [0, 0.05) is 5.92 Å². The van der Waals surface area contributed by atoms with Gasteiger partial charge in [-0.2, -0.15) is 0 Å². The van der Waals surface area contributed by atoms with Crippen molar-refractivity contribution in [3.63, 3.8) is 0 Å². The summed E-state index contributed by atoms with van der Waals surface area (Å²) >= 11 is 0. The Kier molecular flexibility index (Phi) is 3.70. The van der Waals surface area contributed by atoms with Gasteiger partial charge in [-0.3, -0.25) is 0 Å². The van der Waals surface area contributed by atoms with E-state index in [2.05, 4.69) is 14.8 Å². The zero-order valence-electron chi connectivity index (χ0n) is 8.11. The number of carbonyl (C=O) groups is 2. The summed E-state index contributed by atoms with van der Waals surface area (Å²) in [5.41, 5.74) is 0. The zero-order chi connectivity index (χ0) is 10.6. The number of nitrogens with one attached hydrogen (secondary N) is 1. The van der Waals surface area contributed by atoms with Crippen LogP contribution in [-0.4, -0.2) is 45.5 Å². The van der Waals surface area contributed by atoms with E-state index >= 15 is 0 Å². The zero-order valence-corrected chi connectivity index (χ0v) is 8.11. The highest BCUT2D eigenvalue weighted by Crippen LogP contribution is 2.15. The maximum atomic E-state index is 11.2. The molecule has 1 atom stereocenters. The van der Waals surface area contributed by atoms with Gasteiger partial charge in [-0.15, -0.1) is 0 Å². The molecule has 1 unspecified atom stereocenters. The Bertz CT molecular complexity index is 226. The predicted molar refractivity (Wildman–Crippen MR) is 45.7 cm³/mol. The number of rotatable bonds is 3. The lowest BCUT2D eigenvalue weighted by Gasteiger charge is -2.31. The van der Waals surface area contributed by atoms with Crippen molar-refractivity contribution in [3.05, 3.63) is 0 Å². The van der Waals surface area contributed by atoms with Crippen LogP contribution >= 0.6 is 0 Å². The summed E-state index contributed by atoms with van der Waals surface area (Å²) in [6.45, 7) is 0.896. The molecule has 1 heterocycles. The second-order valence-electron chi connectivity index (χ2n) is 2.93. The van der Waals surface area contributed by atoms with E-state index in [1.807, 2.05) is 0 Å². The molecule has 1 amide bonds. The highest BCUT2D eigenvalue weighted by Gasteiger charge is 2.35. The number of amides is 1. The van der Waals surface area contributed by atoms with Crippen LogP contribution < -0.4 is 5.32 Å². The lowest BCUT2D eigenvalue weighted by molar-refractivity contribution is -0.150. The predicted octanol–water partition coefficient (Wildman–Crippen LogP) is -0.470. The molecule has 1 saturated heterocycles. The summed E-state index contributed by atoms with van der Waals surface area (Å²) in [5, 5.41) is 2.40. The molecule has 0 aliphatic carbocycles. The molecule has 0 aromatic carbocycles. The largest absolute Gasteiger partial charge is 0.467 e. The van der Waals surface area contributed by atoms with Crippen LogP contribution in [0.15, 0.2) is 0 Å². The Balaban J connectivity index is 2.51. The van der Waals surface area contributed by atoms with Crippen LogP contribution in [0.3, 0.4) is 0 Å². The monoisotopic (exact) mass is 203 g/mol. The van der Waals surface area contributed by atoms with Crippen molar-refractivity contribution in [1.29, 1.82) is 0 Å². The van der Waals surface area contributed by atoms with E-state index in [9.17, 15) is 9.59 Å². The van der Waals surface area contributed by atoms with E-state index in [0.29, 0.717) is 13.2 Å². The van der Waals surface area contributed by atoms with E-state index in [1.54, 1.807) is 0 Å². The summed E-state index contributed by atoms with van der Waals surface area (Å²) in [6, 6.07) is -0.679. The van der Waals surface area contributed by atoms with Gasteiger partial charge < -0.3 is 19.5 Å². The van der Waals surface area contributed by atoms with Crippen molar-refractivity contribution in [3.8, 4) is 0 Å². The Labute approximate surface area is 81.5 Å². The topological polar surface area (TPSA) is 73.9 Å². The van der Waals surface area contributed by atoms with E-state index in [-0.39, 0.29) is 5.92 Å². The smallest absolute Gasteiger partial charge is 0.407 e. The highest BCUT2D eigenvalue weighted by atomic mass is 16.5. The lowest BCUT2D eigenvalue weighted by atomic mass is 9.98. The summed E-state index contributed by atoms with van der Waals surface area (Å²) < 4.78 is 13.9. The number of ether oxygens (including phenoxy) is 3.